The van der Waals surface area contributed by atoms with Gasteiger partial charge in [0, 0.05) is 19.1 Å². The normalized spacial score (nSPS) is 39.2. The van der Waals surface area contributed by atoms with Crippen molar-refractivity contribution < 1.29 is 9.53 Å². The van der Waals surface area contributed by atoms with Crippen LogP contribution in [0, 0.1) is 5.92 Å². The zero-order valence-corrected chi connectivity index (χ0v) is 11.7. The average molecular weight is 267 g/mol. The molecule has 0 saturated carbocycles. The number of hydrogen-bond acceptors (Lipinski definition) is 4. The summed E-state index contributed by atoms with van der Waals surface area (Å²) >= 11 is 0. The minimum absolute atomic E-state index is 0.0110. The van der Waals surface area contributed by atoms with Gasteiger partial charge < -0.3 is 15.4 Å². The molecule has 3 fully saturated rings. The monoisotopic (exact) mass is 267 g/mol. The van der Waals surface area contributed by atoms with Gasteiger partial charge in [-0.15, -0.1) is 0 Å². The van der Waals surface area contributed by atoms with Crippen LogP contribution in [0.2, 0.25) is 0 Å². The second kappa shape index (κ2) is 5.77. The summed E-state index contributed by atoms with van der Waals surface area (Å²) in [5.74, 6) is 0.576. The van der Waals surface area contributed by atoms with Crippen molar-refractivity contribution in [3.8, 4) is 0 Å². The van der Waals surface area contributed by atoms with Crippen LogP contribution in [-0.4, -0.2) is 61.8 Å². The molecule has 5 heteroatoms. The first-order valence-corrected chi connectivity index (χ1v) is 7.61. The van der Waals surface area contributed by atoms with Crippen LogP contribution in [0.3, 0.4) is 0 Å². The topological polar surface area (TPSA) is 53.6 Å². The van der Waals surface area contributed by atoms with Crippen LogP contribution in [0.4, 0.5) is 0 Å². The molecule has 0 aromatic heterocycles. The summed E-state index contributed by atoms with van der Waals surface area (Å²) in [5.41, 5.74) is 0. The van der Waals surface area contributed by atoms with Crippen molar-refractivity contribution in [1.29, 1.82) is 0 Å². The third-order valence-electron chi connectivity index (χ3n) is 4.78. The smallest absolute Gasteiger partial charge is 0.237 e. The van der Waals surface area contributed by atoms with E-state index in [1.807, 2.05) is 0 Å². The molecular formula is C14H25N3O2. The van der Waals surface area contributed by atoms with Gasteiger partial charge in [-0.05, 0) is 38.3 Å². The molecule has 1 amide bonds. The Hall–Kier alpha value is -0.650. The van der Waals surface area contributed by atoms with Gasteiger partial charge in [0.1, 0.15) is 0 Å². The lowest BCUT2D eigenvalue weighted by molar-refractivity contribution is -0.125. The maximum absolute atomic E-state index is 12.1. The summed E-state index contributed by atoms with van der Waals surface area (Å²) in [6.07, 6.45) is 3.81. The van der Waals surface area contributed by atoms with Crippen LogP contribution in [-0.2, 0) is 9.53 Å². The highest BCUT2D eigenvalue weighted by molar-refractivity contribution is 5.82. The summed E-state index contributed by atoms with van der Waals surface area (Å²) in [7, 11) is 0. The van der Waals surface area contributed by atoms with E-state index in [9.17, 15) is 4.79 Å². The molecule has 108 valence electrons. The van der Waals surface area contributed by atoms with Crippen molar-refractivity contribution >= 4 is 5.91 Å². The van der Waals surface area contributed by atoms with E-state index in [1.165, 1.54) is 19.4 Å². The molecule has 3 aliphatic rings. The fraction of sp³-hybridized carbons (Fsp3) is 0.929. The summed E-state index contributed by atoms with van der Waals surface area (Å²) in [6.45, 7) is 6.73. The quantitative estimate of drug-likeness (QED) is 0.754. The van der Waals surface area contributed by atoms with E-state index >= 15 is 0 Å². The Morgan fingerprint density at radius 2 is 2.37 bits per heavy atom. The third kappa shape index (κ3) is 2.93. The van der Waals surface area contributed by atoms with E-state index in [-0.39, 0.29) is 18.1 Å². The summed E-state index contributed by atoms with van der Waals surface area (Å²) in [5, 5.41) is 6.32. The van der Waals surface area contributed by atoms with Crippen molar-refractivity contribution in [1.82, 2.24) is 15.5 Å². The molecule has 4 unspecified atom stereocenters. The number of nitrogens with one attached hydrogen (secondary N) is 2. The average Bonchev–Trinajstić information content (AvgIpc) is 3.03. The lowest BCUT2D eigenvalue weighted by atomic mass is 10.0. The molecule has 0 aliphatic carbocycles. The summed E-state index contributed by atoms with van der Waals surface area (Å²) < 4.78 is 5.85. The molecule has 3 saturated heterocycles. The van der Waals surface area contributed by atoms with Gasteiger partial charge >= 0.3 is 0 Å². The van der Waals surface area contributed by atoms with Crippen LogP contribution >= 0.6 is 0 Å². The Labute approximate surface area is 115 Å². The van der Waals surface area contributed by atoms with E-state index in [0.29, 0.717) is 18.5 Å². The zero-order chi connectivity index (χ0) is 13.2. The Balaban J connectivity index is 1.43. The molecule has 5 nitrogen and oxygen atoms in total. The first kappa shape index (κ1) is 13.3. The molecule has 3 heterocycles. The standard InChI is InChI=1S/C14H25N3O2/c1-10-4-5-15-13(10)14(18)16-7-12-8-17-6-2-3-11(17)9-19-12/h10-13,15H,2-9H2,1H3,(H,16,18). The number of ether oxygens (including phenoxy) is 1. The number of amides is 1. The Morgan fingerprint density at radius 1 is 1.47 bits per heavy atom. The number of hydrogen-bond donors (Lipinski definition) is 2. The zero-order valence-electron chi connectivity index (χ0n) is 11.7. The van der Waals surface area contributed by atoms with Gasteiger partial charge in [0.15, 0.2) is 0 Å². The second-order valence-corrected chi connectivity index (χ2v) is 6.19. The number of rotatable bonds is 3. The van der Waals surface area contributed by atoms with Crippen molar-refractivity contribution in [3.63, 3.8) is 0 Å². The molecule has 0 bridgehead atoms. The molecule has 4 atom stereocenters. The molecule has 3 aliphatic heterocycles. The predicted molar refractivity (Wildman–Crippen MR) is 72.9 cm³/mol. The van der Waals surface area contributed by atoms with E-state index in [4.69, 9.17) is 4.74 Å². The molecule has 0 radical (unpaired) electrons. The molecule has 2 N–H and O–H groups in total. The van der Waals surface area contributed by atoms with Gasteiger partial charge in [-0.25, -0.2) is 0 Å². The molecular weight excluding hydrogens is 242 g/mol. The Morgan fingerprint density at radius 3 is 3.16 bits per heavy atom. The lowest BCUT2D eigenvalue weighted by Gasteiger charge is -2.35. The van der Waals surface area contributed by atoms with Gasteiger partial charge in [0.25, 0.3) is 0 Å². The molecule has 19 heavy (non-hydrogen) atoms. The first-order chi connectivity index (χ1) is 9.24. The van der Waals surface area contributed by atoms with E-state index in [2.05, 4.69) is 22.5 Å². The maximum atomic E-state index is 12.1. The molecule has 0 aromatic rings. The maximum Gasteiger partial charge on any atom is 0.237 e. The third-order valence-corrected chi connectivity index (χ3v) is 4.78. The SMILES string of the molecule is CC1CCNC1C(=O)NCC1CN2CCCC2CO1. The second-order valence-electron chi connectivity index (χ2n) is 6.19. The Bertz CT molecular complexity index is 337. The molecule has 0 spiro atoms. The van der Waals surface area contributed by atoms with Crippen LogP contribution in [0.15, 0.2) is 0 Å². The van der Waals surface area contributed by atoms with Crippen molar-refractivity contribution in [3.05, 3.63) is 0 Å². The number of carbonyl (C=O) groups is 1. The van der Waals surface area contributed by atoms with Gasteiger partial charge in [-0.3, -0.25) is 9.69 Å². The van der Waals surface area contributed by atoms with Crippen molar-refractivity contribution in [2.24, 2.45) is 5.92 Å². The molecule has 3 rings (SSSR count). The number of carbonyl (C=O) groups excluding carboxylic acids is 1. The van der Waals surface area contributed by atoms with Crippen molar-refractivity contribution in [2.45, 2.75) is 44.4 Å². The minimum Gasteiger partial charge on any atom is -0.373 e. The van der Waals surface area contributed by atoms with E-state index in [0.717, 1.165) is 26.1 Å². The van der Waals surface area contributed by atoms with E-state index in [1.54, 1.807) is 0 Å². The van der Waals surface area contributed by atoms with Crippen LogP contribution in [0.5, 0.6) is 0 Å². The van der Waals surface area contributed by atoms with Gasteiger partial charge in [0.2, 0.25) is 5.91 Å². The number of morpholine rings is 1. The predicted octanol–water partition coefficient (Wildman–Crippen LogP) is -0.0362. The van der Waals surface area contributed by atoms with E-state index < -0.39 is 0 Å². The first-order valence-electron chi connectivity index (χ1n) is 7.61. The molecule has 0 aromatic carbocycles. The Kier molecular flexibility index (Phi) is 4.05. The van der Waals surface area contributed by atoms with Crippen LogP contribution < -0.4 is 10.6 Å². The highest BCUT2D eigenvalue weighted by Crippen LogP contribution is 2.22. The van der Waals surface area contributed by atoms with Crippen LogP contribution in [0.25, 0.3) is 0 Å². The highest BCUT2D eigenvalue weighted by Gasteiger charge is 2.33. The number of fused-ring (bicyclic) bond motifs is 1. The fourth-order valence-electron chi connectivity index (χ4n) is 3.52. The minimum atomic E-state index is -0.0110. The van der Waals surface area contributed by atoms with Crippen molar-refractivity contribution in [2.75, 3.05) is 32.8 Å². The van der Waals surface area contributed by atoms with Gasteiger partial charge in [-0.1, -0.05) is 6.92 Å². The lowest BCUT2D eigenvalue weighted by Crippen LogP contribution is -2.52. The number of nitrogens with zero attached hydrogens (tertiary/aromatic N) is 1. The van der Waals surface area contributed by atoms with Gasteiger partial charge in [0.05, 0.1) is 18.8 Å². The summed E-state index contributed by atoms with van der Waals surface area (Å²) in [4.78, 5) is 14.6. The largest absolute Gasteiger partial charge is 0.373 e. The highest BCUT2D eigenvalue weighted by atomic mass is 16.5. The van der Waals surface area contributed by atoms with Gasteiger partial charge in [-0.2, -0.15) is 0 Å². The van der Waals surface area contributed by atoms with Crippen LogP contribution in [0.1, 0.15) is 26.2 Å². The summed E-state index contributed by atoms with van der Waals surface area (Å²) in [6, 6.07) is 0.617. The fourth-order valence-corrected chi connectivity index (χ4v) is 3.52.